The van der Waals surface area contributed by atoms with Gasteiger partial charge in [-0.2, -0.15) is 5.26 Å². The highest BCUT2D eigenvalue weighted by Gasteiger charge is 2.38. The maximum atomic E-state index is 9.56. The van der Waals surface area contributed by atoms with Crippen LogP contribution in [0.5, 0.6) is 0 Å². The van der Waals surface area contributed by atoms with Gasteiger partial charge >= 0.3 is 0 Å². The normalized spacial score (nSPS) is 27.1. The fraction of sp³-hybridized carbons (Fsp3) is 0.944. The Labute approximate surface area is 132 Å². The van der Waals surface area contributed by atoms with Gasteiger partial charge in [-0.15, -0.1) is 0 Å². The Kier molecular flexibility index (Phi) is 7.16. The van der Waals surface area contributed by atoms with Crippen LogP contribution in [0.2, 0.25) is 0 Å². The highest BCUT2D eigenvalue weighted by atomic mass is 15.2. The van der Waals surface area contributed by atoms with Crippen molar-refractivity contribution in [2.45, 2.75) is 59.4 Å². The monoisotopic (exact) mass is 293 g/mol. The van der Waals surface area contributed by atoms with Crippen LogP contribution in [0.3, 0.4) is 0 Å². The molecule has 122 valence electrons. The zero-order valence-corrected chi connectivity index (χ0v) is 15.0. The molecule has 1 aliphatic carbocycles. The SMILES string of the molecule is CCCN(CCN(C)C)C1CC(C(C)(C)C)CCC1C#N. The minimum Gasteiger partial charge on any atom is -0.308 e. The van der Waals surface area contributed by atoms with Crippen molar-refractivity contribution < 1.29 is 0 Å². The minimum atomic E-state index is 0.220. The van der Waals surface area contributed by atoms with Gasteiger partial charge in [-0.05, 0) is 57.7 Å². The Morgan fingerprint density at radius 2 is 1.76 bits per heavy atom. The number of rotatable bonds is 6. The van der Waals surface area contributed by atoms with Gasteiger partial charge in [0.15, 0.2) is 0 Å². The molecular weight excluding hydrogens is 258 g/mol. The first-order valence-corrected chi connectivity index (χ1v) is 8.58. The molecule has 3 nitrogen and oxygen atoms in total. The fourth-order valence-corrected chi connectivity index (χ4v) is 3.55. The lowest BCUT2D eigenvalue weighted by atomic mass is 9.67. The molecule has 1 saturated carbocycles. The summed E-state index contributed by atoms with van der Waals surface area (Å²) in [5.74, 6) is 0.961. The molecule has 1 rings (SSSR count). The molecular formula is C18H35N3. The van der Waals surface area contributed by atoms with Gasteiger partial charge in [-0.25, -0.2) is 0 Å². The van der Waals surface area contributed by atoms with E-state index in [0.717, 1.165) is 32.0 Å². The first-order chi connectivity index (χ1) is 9.79. The number of likely N-dealkylation sites (N-methyl/N-ethyl adjacent to an activating group) is 1. The van der Waals surface area contributed by atoms with Gasteiger partial charge in [0.1, 0.15) is 0 Å². The Hall–Kier alpha value is -0.590. The predicted molar refractivity (Wildman–Crippen MR) is 90.1 cm³/mol. The lowest BCUT2D eigenvalue weighted by Crippen LogP contribution is -2.48. The van der Waals surface area contributed by atoms with Crippen molar-refractivity contribution in [3.05, 3.63) is 0 Å². The van der Waals surface area contributed by atoms with Gasteiger partial charge in [-0.3, -0.25) is 4.90 Å². The van der Waals surface area contributed by atoms with E-state index >= 15 is 0 Å². The lowest BCUT2D eigenvalue weighted by Gasteiger charge is -2.44. The van der Waals surface area contributed by atoms with E-state index in [2.05, 4.69) is 57.7 Å². The molecule has 0 aromatic heterocycles. The maximum absolute atomic E-state index is 9.56. The topological polar surface area (TPSA) is 30.3 Å². The fourth-order valence-electron chi connectivity index (χ4n) is 3.55. The largest absolute Gasteiger partial charge is 0.308 e. The van der Waals surface area contributed by atoms with E-state index in [-0.39, 0.29) is 5.92 Å². The van der Waals surface area contributed by atoms with Crippen LogP contribution in [0.15, 0.2) is 0 Å². The first-order valence-electron chi connectivity index (χ1n) is 8.58. The average molecular weight is 293 g/mol. The second-order valence-corrected chi connectivity index (χ2v) is 8.02. The quantitative estimate of drug-likeness (QED) is 0.749. The molecule has 0 bridgehead atoms. The molecule has 0 aromatic rings. The van der Waals surface area contributed by atoms with Crippen LogP contribution < -0.4 is 0 Å². The average Bonchev–Trinajstić information content (AvgIpc) is 2.41. The van der Waals surface area contributed by atoms with Crippen LogP contribution in [0.25, 0.3) is 0 Å². The number of nitrogens with zero attached hydrogens (tertiary/aromatic N) is 3. The number of hydrogen-bond acceptors (Lipinski definition) is 3. The zero-order valence-electron chi connectivity index (χ0n) is 15.0. The lowest BCUT2D eigenvalue weighted by molar-refractivity contribution is 0.0565. The maximum Gasteiger partial charge on any atom is 0.0672 e. The Morgan fingerprint density at radius 1 is 1.10 bits per heavy atom. The molecule has 0 saturated heterocycles. The molecule has 0 N–H and O–H groups in total. The summed E-state index contributed by atoms with van der Waals surface area (Å²) in [5.41, 5.74) is 0.359. The molecule has 3 atom stereocenters. The molecule has 0 heterocycles. The number of hydrogen-bond donors (Lipinski definition) is 0. The van der Waals surface area contributed by atoms with Crippen LogP contribution >= 0.6 is 0 Å². The minimum absolute atomic E-state index is 0.220. The molecule has 0 radical (unpaired) electrons. The summed E-state index contributed by atoms with van der Waals surface area (Å²) in [6.45, 7) is 12.6. The second kappa shape index (κ2) is 8.15. The van der Waals surface area contributed by atoms with E-state index in [1.54, 1.807) is 0 Å². The number of nitriles is 1. The van der Waals surface area contributed by atoms with E-state index in [1.165, 1.54) is 19.3 Å². The van der Waals surface area contributed by atoms with E-state index in [4.69, 9.17) is 0 Å². The molecule has 3 heteroatoms. The summed E-state index contributed by atoms with van der Waals surface area (Å²) >= 11 is 0. The molecule has 0 amide bonds. The highest BCUT2D eigenvalue weighted by Crippen LogP contribution is 2.41. The van der Waals surface area contributed by atoms with Crippen molar-refractivity contribution in [2.75, 3.05) is 33.7 Å². The van der Waals surface area contributed by atoms with Gasteiger partial charge in [0.2, 0.25) is 0 Å². The summed E-state index contributed by atoms with van der Waals surface area (Å²) in [5, 5.41) is 9.56. The standard InChI is InChI=1S/C18H35N3/c1-7-10-21(12-11-20(5)6)17-13-16(18(2,3)4)9-8-15(17)14-19/h15-17H,7-13H2,1-6H3. The van der Waals surface area contributed by atoms with E-state index in [0.29, 0.717) is 11.5 Å². The molecule has 0 spiro atoms. The van der Waals surface area contributed by atoms with Gasteiger partial charge in [-0.1, -0.05) is 27.7 Å². The first kappa shape index (κ1) is 18.5. The van der Waals surface area contributed by atoms with Crippen molar-refractivity contribution in [3.63, 3.8) is 0 Å². The van der Waals surface area contributed by atoms with Crippen molar-refractivity contribution in [1.29, 1.82) is 5.26 Å². The summed E-state index contributed by atoms with van der Waals surface area (Å²) in [7, 11) is 4.26. The van der Waals surface area contributed by atoms with Crippen LogP contribution in [0.1, 0.15) is 53.4 Å². The van der Waals surface area contributed by atoms with Gasteiger partial charge < -0.3 is 4.90 Å². The van der Waals surface area contributed by atoms with Gasteiger partial charge in [0.25, 0.3) is 0 Å². The van der Waals surface area contributed by atoms with E-state index < -0.39 is 0 Å². The van der Waals surface area contributed by atoms with Crippen molar-refractivity contribution in [1.82, 2.24) is 9.80 Å². The predicted octanol–water partition coefficient (Wildman–Crippen LogP) is 3.61. The van der Waals surface area contributed by atoms with Gasteiger partial charge in [0, 0.05) is 19.1 Å². The molecule has 21 heavy (non-hydrogen) atoms. The zero-order chi connectivity index (χ0) is 16.0. The van der Waals surface area contributed by atoms with E-state index in [9.17, 15) is 5.26 Å². The summed E-state index contributed by atoms with van der Waals surface area (Å²) < 4.78 is 0. The summed E-state index contributed by atoms with van der Waals surface area (Å²) in [6, 6.07) is 3.05. The third kappa shape index (κ3) is 5.60. The summed E-state index contributed by atoms with van der Waals surface area (Å²) in [6.07, 6.45) is 4.65. The molecule has 3 unspecified atom stereocenters. The third-order valence-electron chi connectivity index (χ3n) is 5.02. The van der Waals surface area contributed by atoms with Crippen molar-refractivity contribution in [3.8, 4) is 6.07 Å². The molecule has 0 aromatic carbocycles. The smallest absolute Gasteiger partial charge is 0.0672 e. The van der Waals surface area contributed by atoms with Crippen LogP contribution in [-0.2, 0) is 0 Å². The highest BCUT2D eigenvalue weighted by molar-refractivity contribution is 4.99. The second-order valence-electron chi connectivity index (χ2n) is 8.02. The van der Waals surface area contributed by atoms with Gasteiger partial charge in [0.05, 0.1) is 12.0 Å². The summed E-state index contributed by atoms with van der Waals surface area (Å²) in [4.78, 5) is 4.83. The third-order valence-corrected chi connectivity index (χ3v) is 5.02. The molecule has 1 fully saturated rings. The Morgan fingerprint density at radius 3 is 2.24 bits per heavy atom. The molecule has 0 aliphatic heterocycles. The Bertz CT molecular complexity index is 337. The van der Waals surface area contributed by atoms with E-state index in [1.807, 2.05) is 0 Å². The Balaban J connectivity index is 2.81. The van der Waals surface area contributed by atoms with Crippen LogP contribution in [0, 0.1) is 28.6 Å². The van der Waals surface area contributed by atoms with Crippen LogP contribution in [-0.4, -0.2) is 49.6 Å². The molecule has 1 aliphatic rings. The van der Waals surface area contributed by atoms with Crippen LogP contribution in [0.4, 0.5) is 0 Å². The van der Waals surface area contributed by atoms with Crippen molar-refractivity contribution in [2.24, 2.45) is 17.3 Å². The van der Waals surface area contributed by atoms with Crippen molar-refractivity contribution >= 4 is 0 Å².